The number of ether oxygens (including phenoxy) is 1. The Morgan fingerprint density at radius 1 is 1.32 bits per heavy atom. The van der Waals surface area contributed by atoms with Gasteiger partial charge in [-0.1, -0.05) is 11.2 Å². The van der Waals surface area contributed by atoms with E-state index in [2.05, 4.69) is 15.6 Å². The molecule has 0 bridgehead atoms. The minimum atomic E-state index is -0.201. The van der Waals surface area contributed by atoms with Gasteiger partial charge in [0.1, 0.15) is 11.5 Å². The summed E-state index contributed by atoms with van der Waals surface area (Å²) < 4.78 is 12.1. The van der Waals surface area contributed by atoms with E-state index < -0.39 is 0 Å². The van der Waals surface area contributed by atoms with Crippen LogP contribution in [-0.4, -0.2) is 28.0 Å². The second-order valence-electron chi connectivity index (χ2n) is 5.86. The van der Waals surface area contributed by atoms with Crippen LogP contribution in [0.1, 0.15) is 32.9 Å². The molecule has 2 heterocycles. The maximum absolute atomic E-state index is 12.5. The average molecular weight is 340 g/mol. The molecule has 25 heavy (non-hydrogen) atoms. The summed E-state index contributed by atoms with van der Waals surface area (Å²) in [7, 11) is 1.57. The topological polar surface area (TPSA) is 82.2 Å². The van der Waals surface area contributed by atoms with Gasteiger partial charge in [-0.3, -0.25) is 9.48 Å². The second-order valence-corrected chi connectivity index (χ2v) is 5.86. The van der Waals surface area contributed by atoms with Gasteiger partial charge in [-0.05, 0) is 38.5 Å². The van der Waals surface area contributed by atoms with Crippen molar-refractivity contribution in [3.63, 3.8) is 0 Å². The van der Waals surface area contributed by atoms with E-state index in [1.54, 1.807) is 30.3 Å². The number of nitrogens with one attached hydrogen (secondary N) is 1. The third-order valence-electron chi connectivity index (χ3n) is 4.08. The molecular formula is C18H20N4O3. The lowest BCUT2D eigenvalue weighted by Gasteiger charge is -2.08. The zero-order valence-electron chi connectivity index (χ0n) is 14.7. The molecule has 2 aromatic heterocycles. The highest BCUT2D eigenvalue weighted by molar-refractivity contribution is 6.05. The molecule has 1 amide bonds. The first-order valence-corrected chi connectivity index (χ1v) is 7.88. The number of nitrogens with zero attached hydrogens (tertiary/aromatic N) is 3. The van der Waals surface area contributed by atoms with E-state index in [0.29, 0.717) is 23.5 Å². The maximum Gasteiger partial charge on any atom is 0.256 e. The Morgan fingerprint density at radius 2 is 2.12 bits per heavy atom. The van der Waals surface area contributed by atoms with Crippen LogP contribution in [0.3, 0.4) is 0 Å². The van der Waals surface area contributed by atoms with Crippen molar-refractivity contribution in [2.45, 2.75) is 27.3 Å². The van der Waals surface area contributed by atoms with Crippen LogP contribution in [0.5, 0.6) is 5.75 Å². The zero-order valence-corrected chi connectivity index (χ0v) is 14.7. The summed E-state index contributed by atoms with van der Waals surface area (Å²) in [5.41, 5.74) is 3.90. The van der Waals surface area contributed by atoms with Crippen molar-refractivity contribution < 1.29 is 14.1 Å². The van der Waals surface area contributed by atoms with Crippen molar-refractivity contribution in [3.05, 3.63) is 58.7 Å². The van der Waals surface area contributed by atoms with Gasteiger partial charge < -0.3 is 14.6 Å². The molecule has 0 aliphatic carbocycles. The fraction of sp³-hybridized carbons (Fsp3) is 0.278. The first-order valence-electron chi connectivity index (χ1n) is 7.88. The molecule has 0 aliphatic heterocycles. The van der Waals surface area contributed by atoms with Crippen LogP contribution < -0.4 is 10.1 Å². The predicted molar refractivity (Wildman–Crippen MR) is 93.0 cm³/mol. The van der Waals surface area contributed by atoms with Crippen molar-refractivity contribution in [3.8, 4) is 5.75 Å². The summed E-state index contributed by atoms with van der Waals surface area (Å²) in [5.74, 6) is 1.21. The monoisotopic (exact) mass is 340 g/mol. The number of amides is 1. The molecular weight excluding hydrogens is 320 g/mol. The van der Waals surface area contributed by atoms with Gasteiger partial charge in [0.15, 0.2) is 0 Å². The Labute approximate surface area is 145 Å². The normalized spacial score (nSPS) is 10.7. The molecule has 0 spiro atoms. The summed E-state index contributed by atoms with van der Waals surface area (Å²) >= 11 is 0. The van der Waals surface area contributed by atoms with Gasteiger partial charge in [-0.2, -0.15) is 5.10 Å². The summed E-state index contributed by atoms with van der Waals surface area (Å²) in [6.07, 6.45) is 3.39. The van der Waals surface area contributed by atoms with E-state index in [-0.39, 0.29) is 5.91 Å². The lowest BCUT2D eigenvalue weighted by Crippen LogP contribution is -2.13. The Bertz CT molecular complexity index is 891. The molecule has 3 rings (SSSR count). The Kier molecular flexibility index (Phi) is 4.56. The molecule has 130 valence electrons. The smallest absolute Gasteiger partial charge is 0.256 e. The van der Waals surface area contributed by atoms with Crippen LogP contribution in [0, 0.1) is 20.8 Å². The molecule has 0 fully saturated rings. The quantitative estimate of drug-likeness (QED) is 0.772. The lowest BCUT2D eigenvalue weighted by molar-refractivity contribution is 0.102. The van der Waals surface area contributed by atoms with E-state index in [0.717, 1.165) is 22.6 Å². The molecule has 1 N–H and O–H groups in total. The van der Waals surface area contributed by atoms with Crippen LogP contribution >= 0.6 is 0 Å². The van der Waals surface area contributed by atoms with E-state index in [4.69, 9.17) is 9.26 Å². The summed E-state index contributed by atoms with van der Waals surface area (Å²) in [4.78, 5) is 12.5. The van der Waals surface area contributed by atoms with Crippen LogP contribution in [0.4, 0.5) is 5.69 Å². The SMILES string of the molecule is COc1ccc(C)c(C(=O)Nc2cnn(Cc3c(C)noc3C)c2)c1. The number of anilines is 1. The van der Waals surface area contributed by atoms with Gasteiger partial charge in [-0.15, -0.1) is 0 Å². The van der Waals surface area contributed by atoms with Gasteiger partial charge in [0.2, 0.25) is 0 Å². The van der Waals surface area contributed by atoms with Gasteiger partial charge >= 0.3 is 0 Å². The number of hydrogen-bond acceptors (Lipinski definition) is 5. The van der Waals surface area contributed by atoms with Crippen LogP contribution in [0.15, 0.2) is 35.1 Å². The minimum Gasteiger partial charge on any atom is -0.497 e. The Balaban J connectivity index is 1.74. The first-order chi connectivity index (χ1) is 12.0. The molecule has 7 heteroatoms. The van der Waals surface area contributed by atoms with E-state index in [1.807, 2.05) is 32.9 Å². The maximum atomic E-state index is 12.5. The lowest BCUT2D eigenvalue weighted by atomic mass is 10.1. The predicted octanol–water partition coefficient (Wildman–Crippen LogP) is 3.11. The number of aromatic nitrogens is 3. The van der Waals surface area contributed by atoms with Gasteiger partial charge in [0.25, 0.3) is 5.91 Å². The van der Waals surface area contributed by atoms with Crippen molar-refractivity contribution in [1.29, 1.82) is 0 Å². The molecule has 1 aromatic carbocycles. The molecule has 0 radical (unpaired) electrons. The van der Waals surface area contributed by atoms with E-state index in [1.165, 1.54) is 0 Å². The highest BCUT2D eigenvalue weighted by Gasteiger charge is 2.13. The molecule has 7 nitrogen and oxygen atoms in total. The largest absolute Gasteiger partial charge is 0.497 e. The van der Waals surface area contributed by atoms with Crippen molar-refractivity contribution in [2.75, 3.05) is 12.4 Å². The number of methoxy groups -OCH3 is 1. The molecule has 0 saturated carbocycles. The van der Waals surface area contributed by atoms with Gasteiger partial charge in [0, 0.05) is 17.3 Å². The van der Waals surface area contributed by atoms with E-state index in [9.17, 15) is 4.79 Å². The Hall–Kier alpha value is -3.09. The summed E-state index contributed by atoms with van der Waals surface area (Å²) in [6, 6.07) is 5.40. The average Bonchev–Trinajstić information content (AvgIpc) is 3.16. The number of aryl methyl sites for hydroxylation is 3. The molecule has 3 aromatic rings. The Morgan fingerprint density at radius 3 is 2.80 bits per heavy atom. The fourth-order valence-corrected chi connectivity index (χ4v) is 2.58. The third-order valence-corrected chi connectivity index (χ3v) is 4.08. The number of hydrogen-bond donors (Lipinski definition) is 1. The zero-order chi connectivity index (χ0) is 18.0. The molecule has 0 unspecified atom stereocenters. The number of carbonyl (C=O) groups excluding carboxylic acids is 1. The standard InChI is InChI=1S/C18H20N4O3/c1-11-5-6-15(24-4)7-16(11)18(23)20-14-8-19-22(9-14)10-17-12(2)21-25-13(17)3/h5-9H,10H2,1-4H3,(H,20,23). The summed E-state index contributed by atoms with van der Waals surface area (Å²) in [6.45, 7) is 6.18. The molecule has 0 aliphatic rings. The van der Waals surface area contributed by atoms with Crippen molar-refractivity contribution >= 4 is 11.6 Å². The third kappa shape index (κ3) is 3.55. The van der Waals surface area contributed by atoms with Crippen molar-refractivity contribution in [2.24, 2.45) is 0 Å². The van der Waals surface area contributed by atoms with Gasteiger partial charge in [0.05, 0.1) is 31.2 Å². The number of benzene rings is 1. The fourth-order valence-electron chi connectivity index (χ4n) is 2.58. The second kappa shape index (κ2) is 6.80. The molecule has 0 saturated heterocycles. The van der Waals surface area contributed by atoms with E-state index >= 15 is 0 Å². The van der Waals surface area contributed by atoms with Crippen LogP contribution in [0.2, 0.25) is 0 Å². The number of rotatable bonds is 5. The van der Waals surface area contributed by atoms with Crippen LogP contribution in [0.25, 0.3) is 0 Å². The van der Waals surface area contributed by atoms with Crippen molar-refractivity contribution in [1.82, 2.24) is 14.9 Å². The van der Waals surface area contributed by atoms with Crippen LogP contribution in [-0.2, 0) is 6.54 Å². The summed E-state index contributed by atoms with van der Waals surface area (Å²) in [5, 5.41) is 11.1. The highest BCUT2D eigenvalue weighted by atomic mass is 16.5. The first kappa shape index (κ1) is 16.8. The molecule has 0 atom stereocenters. The number of carbonyl (C=O) groups is 1. The van der Waals surface area contributed by atoms with Gasteiger partial charge in [-0.25, -0.2) is 0 Å². The minimum absolute atomic E-state index is 0.201. The highest BCUT2D eigenvalue weighted by Crippen LogP contribution is 2.19.